The van der Waals surface area contributed by atoms with Crippen LogP contribution >= 0.6 is 0 Å². The minimum absolute atomic E-state index is 0.0875. The number of nitriles is 1. The fraction of sp³-hybridized carbons (Fsp3) is 0.667. The molecular formula is C6H11N3O. The first-order valence-electron chi connectivity index (χ1n) is 3.15. The van der Waals surface area contributed by atoms with E-state index in [-0.39, 0.29) is 19.0 Å². The average molecular weight is 141 g/mol. The fourth-order valence-electron chi connectivity index (χ4n) is 0.439. The third-order valence-electron chi connectivity index (χ3n) is 0.900. The first-order chi connectivity index (χ1) is 4.81. The van der Waals surface area contributed by atoms with Gasteiger partial charge in [0.15, 0.2) is 0 Å². The topological polar surface area (TPSA) is 64.9 Å². The Balaban J connectivity index is 3.19. The number of nitrogens with zero attached hydrogens (tertiary/aromatic N) is 1. The predicted molar refractivity (Wildman–Crippen MR) is 37.2 cm³/mol. The van der Waals surface area contributed by atoms with Crippen molar-refractivity contribution in [1.29, 1.82) is 5.26 Å². The number of nitrogens with one attached hydrogen (secondary N) is 2. The Kier molecular flexibility index (Phi) is 5.39. The molecular weight excluding hydrogens is 130 g/mol. The van der Waals surface area contributed by atoms with Crippen LogP contribution in [0.15, 0.2) is 0 Å². The normalized spacial score (nSPS) is 8.40. The lowest BCUT2D eigenvalue weighted by Crippen LogP contribution is -2.33. The molecule has 0 spiro atoms. The van der Waals surface area contributed by atoms with E-state index >= 15 is 0 Å². The maximum atomic E-state index is 10.6. The van der Waals surface area contributed by atoms with E-state index < -0.39 is 0 Å². The van der Waals surface area contributed by atoms with Gasteiger partial charge in [0.1, 0.15) is 6.54 Å². The summed E-state index contributed by atoms with van der Waals surface area (Å²) in [6, 6.07) is 1.82. The summed E-state index contributed by atoms with van der Waals surface area (Å²) in [5.41, 5.74) is 0. The Hall–Kier alpha value is -1.08. The molecule has 4 nitrogen and oxygen atoms in total. The summed E-state index contributed by atoms with van der Waals surface area (Å²) in [6.07, 6.45) is 0. The van der Waals surface area contributed by atoms with Gasteiger partial charge in [-0.3, -0.25) is 4.79 Å². The quantitative estimate of drug-likeness (QED) is 0.505. The first-order valence-corrected chi connectivity index (χ1v) is 3.15. The van der Waals surface area contributed by atoms with E-state index in [4.69, 9.17) is 5.26 Å². The Morgan fingerprint density at radius 2 is 2.40 bits per heavy atom. The highest BCUT2D eigenvalue weighted by Gasteiger charge is 1.95. The monoisotopic (exact) mass is 141 g/mol. The Bertz CT molecular complexity index is 138. The van der Waals surface area contributed by atoms with Crippen LogP contribution in [0.2, 0.25) is 0 Å². The first kappa shape index (κ1) is 8.92. The molecule has 56 valence electrons. The van der Waals surface area contributed by atoms with Crippen molar-refractivity contribution in [1.82, 2.24) is 10.6 Å². The molecule has 0 bridgehead atoms. The third kappa shape index (κ3) is 5.06. The Morgan fingerprint density at radius 3 is 2.90 bits per heavy atom. The van der Waals surface area contributed by atoms with Crippen LogP contribution in [0, 0.1) is 11.3 Å². The van der Waals surface area contributed by atoms with Gasteiger partial charge in [0.05, 0.1) is 12.6 Å². The maximum Gasteiger partial charge on any atom is 0.234 e. The van der Waals surface area contributed by atoms with E-state index in [9.17, 15) is 4.79 Å². The van der Waals surface area contributed by atoms with Crippen molar-refractivity contribution in [3.8, 4) is 6.07 Å². The SMILES string of the molecule is CCNCC(=O)NCC#N. The van der Waals surface area contributed by atoms with Crippen LogP contribution in [0.4, 0.5) is 0 Å². The molecule has 0 heterocycles. The van der Waals surface area contributed by atoms with Crippen LogP contribution < -0.4 is 10.6 Å². The smallest absolute Gasteiger partial charge is 0.234 e. The highest BCUT2D eigenvalue weighted by Crippen LogP contribution is 1.62. The summed E-state index contributed by atoms with van der Waals surface area (Å²) < 4.78 is 0. The standard InChI is InChI=1S/C6H11N3O/c1-2-8-5-6(10)9-4-3-7/h8H,2,4-5H2,1H3,(H,9,10). The molecule has 0 fully saturated rings. The van der Waals surface area contributed by atoms with Gasteiger partial charge in [0.2, 0.25) is 5.91 Å². The van der Waals surface area contributed by atoms with Crippen LogP contribution in [0.5, 0.6) is 0 Å². The van der Waals surface area contributed by atoms with E-state index in [1.54, 1.807) is 0 Å². The Morgan fingerprint density at radius 1 is 1.70 bits per heavy atom. The van der Waals surface area contributed by atoms with Gasteiger partial charge in [0.25, 0.3) is 0 Å². The van der Waals surface area contributed by atoms with Gasteiger partial charge in [0, 0.05) is 0 Å². The van der Waals surface area contributed by atoms with Crippen LogP contribution in [0.25, 0.3) is 0 Å². The van der Waals surface area contributed by atoms with Gasteiger partial charge in [-0.25, -0.2) is 0 Å². The van der Waals surface area contributed by atoms with Gasteiger partial charge < -0.3 is 10.6 Å². The molecule has 0 aromatic carbocycles. The van der Waals surface area contributed by atoms with Gasteiger partial charge >= 0.3 is 0 Å². The lowest BCUT2D eigenvalue weighted by molar-refractivity contribution is -0.119. The van der Waals surface area contributed by atoms with Gasteiger partial charge in [-0.05, 0) is 6.54 Å². The molecule has 0 aliphatic heterocycles. The molecule has 0 aromatic heterocycles. The molecule has 2 N–H and O–H groups in total. The van der Waals surface area contributed by atoms with Crippen molar-refractivity contribution in [3.05, 3.63) is 0 Å². The van der Waals surface area contributed by atoms with Crippen molar-refractivity contribution in [3.63, 3.8) is 0 Å². The number of carbonyl (C=O) groups excluding carboxylic acids is 1. The molecule has 0 aliphatic carbocycles. The van der Waals surface area contributed by atoms with E-state index in [0.29, 0.717) is 0 Å². The van der Waals surface area contributed by atoms with Crippen molar-refractivity contribution in [2.24, 2.45) is 0 Å². The molecule has 0 aromatic rings. The summed E-state index contributed by atoms with van der Waals surface area (Å²) in [5.74, 6) is -0.136. The van der Waals surface area contributed by atoms with Crippen molar-refractivity contribution >= 4 is 5.91 Å². The number of carbonyl (C=O) groups is 1. The lowest BCUT2D eigenvalue weighted by Gasteiger charge is -1.99. The highest BCUT2D eigenvalue weighted by molar-refractivity contribution is 5.78. The van der Waals surface area contributed by atoms with Crippen LogP contribution in [-0.4, -0.2) is 25.5 Å². The predicted octanol–water partition coefficient (Wildman–Crippen LogP) is -0.764. The minimum Gasteiger partial charge on any atom is -0.342 e. The summed E-state index contributed by atoms with van der Waals surface area (Å²) in [4.78, 5) is 10.6. The third-order valence-corrected chi connectivity index (χ3v) is 0.900. The second kappa shape index (κ2) is 6.05. The Labute approximate surface area is 60.2 Å². The number of rotatable bonds is 4. The van der Waals surface area contributed by atoms with Crippen molar-refractivity contribution in [2.75, 3.05) is 19.6 Å². The van der Waals surface area contributed by atoms with E-state index in [2.05, 4.69) is 10.6 Å². The van der Waals surface area contributed by atoms with Crippen LogP contribution in [0.1, 0.15) is 6.92 Å². The van der Waals surface area contributed by atoms with Crippen molar-refractivity contribution < 1.29 is 4.79 Å². The lowest BCUT2D eigenvalue weighted by atomic mass is 10.5. The molecule has 0 saturated carbocycles. The molecule has 4 heteroatoms. The summed E-state index contributed by atoms with van der Waals surface area (Å²) >= 11 is 0. The molecule has 0 atom stereocenters. The van der Waals surface area contributed by atoms with Crippen LogP contribution in [0.3, 0.4) is 0 Å². The van der Waals surface area contributed by atoms with Gasteiger partial charge in [-0.1, -0.05) is 6.92 Å². The second-order valence-corrected chi connectivity index (χ2v) is 1.72. The largest absolute Gasteiger partial charge is 0.342 e. The second-order valence-electron chi connectivity index (χ2n) is 1.72. The minimum atomic E-state index is -0.136. The number of amides is 1. The molecule has 0 unspecified atom stereocenters. The maximum absolute atomic E-state index is 10.6. The number of hydrogen-bond donors (Lipinski definition) is 2. The van der Waals surface area contributed by atoms with Crippen LogP contribution in [-0.2, 0) is 4.79 Å². The molecule has 0 radical (unpaired) electrons. The zero-order valence-electron chi connectivity index (χ0n) is 5.98. The summed E-state index contributed by atoms with van der Waals surface area (Å²) in [5, 5.41) is 13.3. The van der Waals surface area contributed by atoms with Gasteiger partial charge in [-0.15, -0.1) is 0 Å². The number of likely N-dealkylation sites (N-methyl/N-ethyl adjacent to an activating group) is 1. The molecule has 0 rings (SSSR count). The molecule has 0 aliphatic rings. The molecule has 10 heavy (non-hydrogen) atoms. The van der Waals surface area contributed by atoms with Crippen molar-refractivity contribution in [2.45, 2.75) is 6.92 Å². The fourth-order valence-corrected chi connectivity index (χ4v) is 0.439. The average Bonchev–Trinajstić information content (AvgIpc) is 1.97. The zero-order chi connectivity index (χ0) is 7.82. The highest BCUT2D eigenvalue weighted by atomic mass is 16.1. The molecule has 1 amide bonds. The van der Waals surface area contributed by atoms with E-state index in [1.807, 2.05) is 13.0 Å². The summed E-state index contributed by atoms with van der Waals surface area (Å²) in [7, 11) is 0. The summed E-state index contributed by atoms with van der Waals surface area (Å²) in [6.45, 7) is 3.06. The molecule has 0 saturated heterocycles. The van der Waals surface area contributed by atoms with E-state index in [1.165, 1.54) is 0 Å². The zero-order valence-corrected chi connectivity index (χ0v) is 5.98. The van der Waals surface area contributed by atoms with Gasteiger partial charge in [-0.2, -0.15) is 5.26 Å². The number of hydrogen-bond acceptors (Lipinski definition) is 3. The van der Waals surface area contributed by atoms with E-state index in [0.717, 1.165) is 6.54 Å².